The van der Waals surface area contributed by atoms with Crippen molar-refractivity contribution in [1.82, 2.24) is 4.90 Å². The Bertz CT molecular complexity index is 112. The molecule has 0 aliphatic carbocycles. The minimum Gasteiger partial charge on any atom is -0.324 e. The van der Waals surface area contributed by atoms with Gasteiger partial charge in [-0.25, -0.2) is 0 Å². The highest BCUT2D eigenvalue weighted by Gasteiger charge is 2.18. The fourth-order valence-electron chi connectivity index (χ4n) is 1.56. The highest BCUT2D eigenvalue weighted by atomic mass is 15.1. The van der Waals surface area contributed by atoms with Gasteiger partial charge in [0.05, 0.1) is 0 Å². The molecule has 0 spiro atoms. The molecule has 0 aromatic heterocycles. The maximum atomic E-state index is 5.91. The lowest BCUT2D eigenvalue weighted by Crippen LogP contribution is -2.45. The van der Waals surface area contributed by atoms with Crippen LogP contribution in [0.25, 0.3) is 0 Å². The highest BCUT2D eigenvalue weighted by molar-refractivity contribution is 4.77. The summed E-state index contributed by atoms with van der Waals surface area (Å²) in [6.07, 6.45) is 0. The first-order valence-electron chi connectivity index (χ1n) is 4.58. The van der Waals surface area contributed by atoms with Crippen LogP contribution in [0.15, 0.2) is 0 Å². The van der Waals surface area contributed by atoms with Crippen LogP contribution in [0.2, 0.25) is 0 Å². The zero-order valence-electron chi connectivity index (χ0n) is 9.44. The van der Waals surface area contributed by atoms with Gasteiger partial charge in [-0.3, -0.25) is 0 Å². The van der Waals surface area contributed by atoms with Crippen molar-refractivity contribution in [3.8, 4) is 0 Å². The summed E-state index contributed by atoms with van der Waals surface area (Å²) in [5.41, 5.74) is 6.19. The van der Waals surface area contributed by atoms with Crippen LogP contribution in [0.5, 0.6) is 0 Å². The van der Waals surface area contributed by atoms with Crippen molar-refractivity contribution in [1.29, 1.82) is 0 Å². The van der Waals surface area contributed by atoms with Gasteiger partial charge in [0, 0.05) is 18.6 Å². The normalized spacial score (nSPS) is 14.0. The van der Waals surface area contributed by atoms with Crippen molar-refractivity contribution >= 4 is 0 Å². The summed E-state index contributed by atoms with van der Waals surface area (Å²) in [7, 11) is 2.12. The zero-order chi connectivity index (χ0) is 9.99. The summed E-state index contributed by atoms with van der Waals surface area (Å²) in [6.45, 7) is 12.9. The number of rotatable bonds is 3. The largest absolute Gasteiger partial charge is 0.324 e. The summed E-state index contributed by atoms with van der Waals surface area (Å²) in [5.74, 6) is 0. The average molecular weight is 172 g/mol. The molecular weight excluding hydrogens is 148 g/mol. The second kappa shape index (κ2) is 3.75. The molecule has 0 atom stereocenters. The first-order chi connectivity index (χ1) is 5.10. The number of nitrogens with zero attached hydrogens (tertiary/aromatic N) is 1. The predicted molar refractivity (Wildman–Crippen MR) is 55.2 cm³/mol. The Kier molecular flexibility index (Phi) is 3.73. The van der Waals surface area contributed by atoms with Crippen molar-refractivity contribution in [2.24, 2.45) is 11.1 Å². The lowest BCUT2D eigenvalue weighted by atomic mass is 9.95. The van der Waals surface area contributed by atoms with Gasteiger partial charge in [-0.1, -0.05) is 20.8 Å². The number of nitrogens with two attached hydrogens (primary N) is 1. The molecular formula is C10H24N2. The Hall–Kier alpha value is -0.0800. The van der Waals surface area contributed by atoms with Gasteiger partial charge in [0.1, 0.15) is 0 Å². The molecule has 0 aliphatic rings. The summed E-state index contributed by atoms with van der Waals surface area (Å²) < 4.78 is 0. The van der Waals surface area contributed by atoms with Crippen LogP contribution >= 0.6 is 0 Å². The summed E-state index contributed by atoms with van der Waals surface area (Å²) in [5, 5.41) is 0. The highest BCUT2D eigenvalue weighted by Crippen LogP contribution is 2.15. The van der Waals surface area contributed by atoms with Crippen LogP contribution in [0.1, 0.15) is 34.6 Å². The maximum Gasteiger partial charge on any atom is 0.0225 e. The molecule has 0 saturated heterocycles. The van der Waals surface area contributed by atoms with Crippen LogP contribution in [-0.4, -0.2) is 30.6 Å². The van der Waals surface area contributed by atoms with Crippen LogP contribution in [0, 0.1) is 5.41 Å². The summed E-state index contributed by atoms with van der Waals surface area (Å²) in [6, 6.07) is 0. The molecule has 74 valence electrons. The Morgan fingerprint density at radius 3 is 1.67 bits per heavy atom. The van der Waals surface area contributed by atoms with Gasteiger partial charge in [0.15, 0.2) is 0 Å². The molecule has 0 bridgehead atoms. The zero-order valence-corrected chi connectivity index (χ0v) is 9.44. The van der Waals surface area contributed by atoms with Gasteiger partial charge < -0.3 is 10.6 Å². The fourth-order valence-corrected chi connectivity index (χ4v) is 1.56. The molecule has 2 N–H and O–H groups in total. The van der Waals surface area contributed by atoms with E-state index in [4.69, 9.17) is 5.73 Å². The van der Waals surface area contributed by atoms with Crippen molar-refractivity contribution in [2.75, 3.05) is 20.1 Å². The lowest BCUT2D eigenvalue weighted by molar-refractivity contribution is 0.196. The summed E-state index contributed by atoms with van der Waals surface area (Å²) >= 11 is 0. The minimum absolute atomic E-state index is 0.0833. The van der Waals surface area contributed by atoms with E-state index in [1.165, 1.54) is 0 Å². The Morgan fingerprint density at radius 2 is 1.42 bits per heavy atom. The topological polar surface area (TPSA) is 29.3 Å². The predicted octanol–water partition coefficient (Wildman–Crippen LogP) is 1.70. The van der Waals surface area contributed by atoms with Crippen LogP contribution < -0.4 is 5.73 Å². The van der Waals surface area contributed by atoms with Crippen molar-refractivity contribution in [3.63, 3.8) is 0 Å². The van der Waals surface area contributed by atoms with Crippen LogP contribution in [-0.2, 0) is 0 Å². The third-order valence-corrected chi connectivity index (χ3v) is 1.42. The van der Waals surface area contributed by atoms with Crippen molar-refractivity contribution < 1.29 is 0 Å². The van der Waals surface area contributed by atoms with Gasteiger partial charge in [-0.15, -0.1) is 0 Å². The first-order valence-corrected chi connectivity index (χ1v) is 4.58. The van der Waals surface area contributed by atoms with E-state index >= 15 is 0 Å². The Labute approximate surface area is 77.1 Å². The van der Waals surface area contributed by atoms with Gasteiger partial charge >= 0.3 is 0 Å². The van der Waals surface area contributed by atoms with E-state index in [-0.39, 0.29) is 5.54 Å². The Balaban J connectivity index is 3.83. The van der Waals surface area contributed by atoms with E-state index in [9.17, 15) is 0 Å². The van der Waals surface area contributed by atoms with Crippen molar-refractivity contribution in [2.45, 2.75) is 40.2 Å². The molecule has 0 aromatic rings. The number of likely N-dealkylation sites (N-methyl/N-ethyl adjacent to an activating group) is 1. The third kappa shape index (κ3) is 8.02. The van der Waals surface area contributed by atoms with Gasteiger partial charge in [-0.2, -0.15) is 0 Å². The monoisotopic (exact) mass is 172 g/mol. The van der Waals surface area contributed by atoms with E-state index in [0.717, 1.165) is 13.1 Å². The first kappa shape index (κ1) is 11.9. The molecule has 2 nitrogen and oxygen atoms in total. The molecule has 0 aliphatic heterocycles. The molecule has 0 rings (SSSR count). The molecule has 0 saturated carbocycles. The van der Waals surface area contributed by atoms with Gasteiger partial charge in [0.2, 0.25) is 0 Å². The van der Waals surface area contributed by atoms with Gasteiger partial charge in [-0.05, 0) is 26.3 Å². The second-order valence-corrected chi connectivity index (χ2v) is 5.72. The van der Waals surface area contributed by atoms with Gasteiger partial charge in [0.25, 0.3) is 0 Å². The smallest absolute Gasteiger partial charge is 0.0225 e. The molecule has 0 fully saturated rings. The van der Waals surface area contributed by atoms with Crippen LogP contribution in [0.4, 0.5) is 0 Å². The third-order valence-electron chi connectivity index (χ3n) is 1.42. The molecule has 0 aromatic carbocycles. The van der Waals surface area contributed by atoms with E-state index in [0.29, 0.717) is 5.41 Å². The fraction of sp³-hybridized carbons (Fsp3) is 1.00. The van der Waals surface area contributed by atoms with E-state index in [1.807, 2.05) is 0 Å². The quantitative estimate of drug-likeness (QED) is 0.702. The molecule has 0 unspecified atom stereocenters. The van der Waals surface area contributed by atoms with E-state index in [2.05, 4.69) is 46.6 Å². The lowest BCUT2D eigenvalue weighted by Gasteiger charge is -2.31. The second-order valence-electron chi connectivity index (χ2n) is 5.72. The van der Waals surface area contributed by atoms with E-state index < -0.39 is 0 Å². The number of hydrogen-bond acceptors (Lipinski definition) is 2. The average Bonchev–Trinajstić information content (AvgIpc) is 1.49. The van der Waals surface area contributed by atoms with Crippen molar-refractivity contribution in [3.05, 3.63) is 0 Å². The standard InChI is InChI=1S/C10H24N2/c1-9(2,3)7-12(6)8-10(4,5)11/h7-8,11H2,1-6H3. The SMILES string of the molecule is CN(CC(C)(C)C)CC(C)(C)N. The maximum absolute atomic E-state index is 5.91. The Morgan fingerprint density at radius 1 is 1.00 bits per heavy atom. The molecule has 2 heteroatoms. The summed E-state index contributed by atoms with van der Waals surface area (Å²) in [4.78, 5) is 2.29. The molecule has 0 amide bonds. The molecule has 0 radical (unpaired) electrons. The number of hydrogen-bond donors (Lipinski definition) is 1. The molecule has 12 heavy (non-hydrogen) atoms. The van der Waals surface area contributed by atoms with Crippen LogP contribution in [0.3, 0.4) is 0 Å². The van der Waals surface area contributed by atoms with E-state index in [1.54, 1.807) is 0 Å². The molecule has 0 heterocycles. The minimum atomic E-state index is -0.0833.